The fourth-order valence-electron chi connectivity index (χ4n) is 1.78. The van der Waals surface area contributed by atoms with E-state index >= 15 is 0 Å². The zero-order valence-corrected chi connectivity index (χ0v) is 11.9. The first-order valence-electron chi connectivity index (χ1n) is 6.47. The van der Waals surface area contributed by atoms with Gasteiger partial charge in [-0.25, -0.2) is 4.39 Å². The van der Waals surface area contributed by atoms with Crippen LogP contribution in [0, 0.1) is 5.82 Å². The van der Waals surface area contributed by atoms with Crippen molar-refractivity contribution >= 4 is 11.6 Å². The molecule has 2 rings (SSSR count). The summed E-state index contributed by atoms with van der Waals surface area (Å²) in [5.74, 6) is 1.22. The molecule has 19 heavy (non-hydrogen) atoms. The molecule has 2 nitrogen and oxygen atoms in total. The summed E-state index contributed by atoms with van der Waals surface area (Å²) in [6.07, 6.45) is 1.13. The highest BCUT2D eigenvalue weighted by molar-refractivity contribution is 6.31. The van der Waals surface area contributed by atoms with Crippen LogP contribution < -0.4 is 5.32 Å². The molecule has 4 heteroatoms. The molecule has 0 saturated heterocycles. The first-order chi connectivity index (χ1) is 9.10. The lowest BCUT2D eigenvalue weighted by atomic mass is 10.2. The predicted octanol–water partition coefficient (Wildman–Crippen LogP) is 3.60. The van der Waals surface area contributed by atoms with Gasteiger partial charge < -0.3 is 9.73 Å². The van der Waals surface area contributed by atoms with E-state index < -0.39 is 5.82 Å². The van der Waals surface area contributed by atoms with E-state index in [9.17, 15) is 4.39 Å². The van der Waals surface area contributed by atoms with Crippen LogP contribution in [0.15, 0.2) is 34.7 Å². The molecule has 0 spiro atoms. The Hall–Kier alpha value is -1.32. The number of benzene rings is 1. The molecule has 0 unspecified atom stereocenters. The Morgan fingerprint density at radius 1 is 1.32 bits per heavy atom. The molecule has 2 aromatic rings. The Balaban J connectivity index is 2.09. The van der Waals surface area contributed by atoms with Crippen molar-refractivity contribution in [3.63, 3.8) is 0 Å². The van der Waals surface area contributed by atoms with E-state index in [1.807, 2.05) is 12.1 Å². The SMILES string of the molecule is CC[C@@H](C)[NH2+]Cc1ccc(-c2ccc(F)c(Cl)c2)o1. The van der Waals surface area contributed by atoms with Gasteiger partial charge in [0.05, 0.1) is 11.1 Å². The van der Waals surface area contributed by atoms with Crippen molar-refractivity contribution in [1.82, 2.24) is 0 Å². The van der Waals surface area contributed by atoms with Gasteiger partial charge in [0.25, 0.3) is 0 Å². The van der Waals surface area contributed by atoms with E-state index in [0.29, 0.717) is 6.04 Å². The molecule has 0 radical (unpaired) electrons. The molecule has 0 aliphatic heterocycles. The number of quaternary nitrogens is 1. The number of hydrogen-bond acceptors (Lipinski definition) is 1. The molecule has 0 fully saturated rings. The Morgan fingerprint density at radius 2 is 2.11 bits per heavy atom. The number of furan rings is 1. The Bertz CT molecular complexity index is 553. The maximum Gasteiger partial charge on any atom is 0.158 e. The minimum absolute atomic E-state index is 0.113. The van der Waals surface area contributed by atoms with E-state index in [1.54, 1.807) is 12.1 Å². The van der Waals surface area contributed by atoms with Crippen LogP contribution in [-0.2, 0) is 6.54 Å². The van der Waals surface area contributed by atoms with Crippen molar-refractivity contribution < 1.29 is 14.1 Å². The average molecular weight is 283 g/mol. The van der Waals surface area contributed by atoms with Crippen LogP contribution in [0.1, 0.15) is 26.0 Å². The fourth-order valence-corrected chi connectivity index (χ4v) is 1.96. The van der Waals surface area contributed by atoms with E-state index in [2.05, 4.69) is 19.2 Å². The molecule has 1 aromatic heterocycles. The molecule has 1 aromatic carbocycles. The number of halogens is 2. The quantitative estimate of drug-likeness (QED) is 0.892. The highest BCUT2D eigenvalue weighted by Gasteiger charge is 2.09. The van der Waals surface area contributed by atoms with Crippen LogP contribution in [0.3, 0.4) is 0 Å². The van der Waals surface area contributed by atoms with Gasteiger partial charge in [-0.05, 0) is 43.7 Å². The van der Waals surface area contributed by atoms with Gasteiger partial charge in [-0.1, -0.05) is 18.5 Å². The second-order valence-corrected chi connectivity index (χ2v) is 5.13. The van der Waals surface area contributed by atoms with Crippen molar-refractivity contribution in [2.24, 2.45) is 0 Å². The number of nitrogens with two attached hydrogens (primary N) is 1. The monoisotopic (exact) mass is 282 g/mol. The minimum Gasteiger partial charge on any atom is -0.455 e. The lowest BCUT2D eigenvalue weighted by Gasteiger charge is -2.05. The van der Waals surface area contributed by atoms with E-state index in [4.69, 9.17) is 16.0 Å². The second kappa shape index (κ2) is 6.22. The summed E-state index contributed by atoms with van der Waals surface area (Å²) < 4.78 is 18.8. The molecule has 1 heterocycles. The van der Waals surface area contributed by atoms with Gasteiger partial charge in [0.1, 0.15) is 18.1 Å². The van der Waals surface area contributed by atoms with Crippen LogP contribution in [0.2, 0.25) is 5.02 Å². The van der Waals surface area contributed by atoms with Crippen molar-refractivity contribution in [3.8, 4) is 11.3 Å². The smallest absolute Gasteiger partial charge is 0.158 e. The van der Waals surface area contributed by atoms with Gasteiger partial charge >= 0.3 is 0 Å². The summed E-state index contributed by atoms with van der Waals surface area (Å²) in [7, 11) is 0. The molecular formula is C15H18ClFNO+. The summed E-state index contributed by atoms with van der Waals surface area (Å²) in [6.45, 7) is 5.16. The molecule has 0 aliphatic carbocycles. The van der Waals surface area contributed by atoms with Gasteiger partial charge in [-0.2, -0.15) is 0 Å². The lowest BCUT2D eigenvalue weighted by Crippen LogP contribution is -2.87. The lowest BCUT2D eigenvalue weighted by molar-refractivity contribution is -0.703. The maximum atomic E-state index is 13.1. The minimum atomic E-state index is -0.415. The van der Waals surface area contributed by atoms with Gasteiger partial charge in [0, 0.05) is 5.56 Å². The van der Waals surface area contributed by atoms with Crippen molar-refractivity contribution in [2.75, 3.05) is 0 Å². The molecular weight excluding hydrogens is 265 g/mol. The molecule has 0 aliphatic rings. The van der Waals surface area contributed by atoms with E-state index in [0.717, 1.165) is 30.0 Å². The summed E-state index contributed by atoms with van der Waals surface area (Å²) >= 11 is 5.77. The highest BCUT2D eigenvalue weighted by Crippen LogP contribution is 2.26. The van der Waals surface area contributed by atoms with Gasteiger partial charge in [-0.3, -0.25) is 0 Å². The standard InChI is InChI=1S/C15H17ClFNO/c1-3-10(2)18-9-12-5-7-15(19-12)11-4-6-14(17)13(16)8-11/h4-8,10,18H,3,9H2,1-2H3/p+1/t10-/m1/s1. The summed E-state index contributed by atoms with van der Waals surface area (Å²) in [5, 5.41) is 2.35. The number of hydrogen-bond donors (Lipinski definition) is 1. The highest BCUT2D eigenvalue weighted by atomic mass is 35.5. The maximum absolute atomic E-state index is 13.1. The first kappa shape index (κ1) is 14.1. The van der Waals surface area contributed by atoms with Crippen molar-refractivity contribution in [1.29, 1.82) is 0 Å². The summed E-state index contributed by atoms with van der Waals surface area (Å²) in [4.78, 5) is 0. The van der Waals surface area contributed by atoms with Gasteiger partial charge in [0.2, 0.25) is 0 Å². The fraction of sp³-hybridized carbons (Fsp3) is 0.333. The van der Waals surface area contributed by atoms with Gasteiger partial charge in [-0.15, -0.1) is 0 Å². The molecule has 102 valence electrons. The van der Waals surface area contributed by atoms with Crippen LogP contribution in [0.25, 0.3) is 11.3 Å². The van der Waals surface area contributed by atoms with Crippen LogP contribution in [0.4, 0.5) is 4.39 Å². The third-order valence-electron chi connectivity index (χ3n) is 3.23. The zero-order valence-electron chi connectivity index (χ0n) is 11.1. The summed E-state index contributed by atoms with van der Waals surface area (Å²) in [6, 6.07) is 9.02. The molecule has 0 amide bonds. The first-order valence-corrected chi connectivity index (χ1v) is 6.85. The molecule has 1 atom stereocenters. The van der Waals surface area contributed by atoms with E-state index in [-0.39, 0.29) is 5.02 Å². The molecule has 0 saturated carbocycles. The van der Waals surface area contributed by atoms with Crippen LogP contribution in [-0.4, -0.2) is 6.04 Å². The zero-order chi connectivity index (χ0) is 13.8. The van der Waals surface area contributed by atoms with E-state index in [1.165, 1.54) is 6.07 Å². The van der Waals surface area contributed by atoms with Crippen molar-refractivity contribution in [2.45, 2.75) is 32.9 Å². The normalized spacial score (nSPS) is 12.6. The summed E-state index contributed by atoms with van der Waals surface area (Å²) in [5.41, 5.74) is 0.793. The van der Waals surface area contributed by atoms with Crippen LogP contribution >= 0.6 is 11.6 Å². The molecule has 0 bridgehead atoms. The van der Waals surface area contributed by atoms with Crippen LogP contribution in [0.5, 0.6) is 0 Å². The predicted molar refractivity (Wildman–Crippen MR) is 74.5 cm³/mol. The third-order valence-corrected chi connectivity index (χ3v) is 3.52. The van der Waals surface area contributed by atoms with Crippen molar-refractivity contribution in [3.05, 3.63) is 46.9 Å². The third kappa shape index (κ3) is 3.58. The topological polar surface area (TPSA) is 29.8 Å². The average Bonchev–Trinajstić information content (AvgIpc) is 2.88. The Morgan fingerprint density at radius 3 is 2.79 bits per heavy atom. The number of rotatable bonds is 5. The Kier molecular flexibility index (Phi) is 4.61. The molecule has 2 N–H and O–H groups in total. The van der Waals surface area contributed by atoms with Gasteiger partial charge in [0.15, 0.2) is 5.76 Å². The Labute approximate surface area is 117 Å². The largest absolute Gasteiger partial charge is 0.455 e. The second-order valence-electron chi connectivity index (χ2n) is 4.72.